The highest BCUT2D eigenvalue weighted by Crippen LogP contribution is 2.09. The van der Waals surface area contributed by atoms with E-state index in [1.807, 2.05) is 32.9 Å². The van der Waals surface area contributed by atoms with Gasteiger partial charge in [-0.25, -0.2) is 4.79 Å². The van der Waals surface area contributed by atoms with E-state index in [1.165, 1.54) is 0 Å². The van der Waals surface area contributed by atoms with Gasteiger partial charge in [-0.2, -0.15) is 0 Å². The molecule has 1 heterocycles. The molecule has 0 atom stereocenters. The van der Waals surface area contributed by atoms with Gasteiger partial charge in [-0.05, 0) is 32.9 Å². The van der Waals surface area contributed by atoms with Crippen LogP contribution >= 0.6 is 0 Å². The number of likely N-dealkylation sites (N-methyl/N-ethyl adjacent to an activating group) is 1. The summed E-state index contributed by atoms with van der Waals surface area (Å²) < 4.78 is 10.9. The second kappa shape index (κ2) is 7.33. The Kier molecular flexibility index (Phi) is 6.07. The molecule has 1 N–H and O–H groups in total. The molecule has 0 aliphatic heterocycles. The Morgan fingerprint density at radius 1 is 1.35 bits per heavy atom. The molecule has 0 aliphatic rings. The molecule has 0 fully saturated rings. The van der Waals surface area contributed by atoms with Crippen molar-refractivity contribution >= 4 is 6.09 Å². The number of hydrogen-bond donors (Lipinski definition) is 1. The van der Waals surface area contributed by atoms with Gasteiger partial charge in [-0.15, -0.1) is 0 Å². The van der Waals surface area contributed by atoms with Crippen LogP contribution in [0.5, 0.6) is 0 Å². The van der Waals surface area contributed by atoms with Crippen LogP contribution in [-0.2, 0) is 17.7 Å². The van der Waals surface area contributed by atoms with E-state index in [-0.39, 0.29) is 6.09 Å². The van der Waals surface area contributed by atoms with Crippen molar-refractivity contribution < 1.29 is 13.9 Å². The van der Waals surface area contributed by atoms with Gasteiger partial charge >= 0.3 is 6.09 Å². The zero-order valence-corrected chi connectivity index (χ0v) is 13.2. The summed E-state index contributed by atoms with van der Waals surface area (Å²) in [6.07, 6.45) is 0.604. The molecule has 0 unspecified atom stereocenters. The quantitative estimate of drug-likeness (QED) is 0.815. The minimum absolute atomic E-state index is 0.300. The smallest absolute Gasteiger partial charge is 0.410 e. The van der Waals surface area contributed by atoms with E-state index in [9.17, 15) is 4.79 Å². The number of furan rings is 1. The molecule has 5 heteroatoms. The van der Waals surface area contributed by atoms with E-state index in [4.69, 9.17) is 9.15 Å². The number of nitrogens with zero attached hydrogens (tertiary/aromatic N) is 1. The van der Waals surface area contributed by atoms with Crippen LogP contribution in [0.3, 0.4) is 0 Å². The van der Waals surface area contributed by atoms with Crippen LogP contribution in [0.1, 0.15) is 39.2 Å². The summed E-state index contributed by atoms with van der Waals surface area (Å²) in [4.78, 5) is 13.3. The summed E-state index contributed by atoms with van der Waals surface area (Å²) >= 11 is 0. The van der Waals surface area contributed by atoms with Gasteiger partial charge in [-0.1, -0.05) is 6.92 Å². The summed E-state index contributed by atoms with van der Waals surface area (Å²) in [5.41, 5.74) is -0.455. The molecule has 0 aliphatic carbocycles. The second-order valence-electron chi connectivity index (χ2n) is 5.80. The number of amides is 1. The van der Waals surface area contributed by atoms with Crippen molar-refractivity contribution in [2.45, 2.75) is 46.3 Å². The van der Waals surface area contributed by atoms with Crippen LogP contribution in [-0.4, -0.2) is 36.7 Å². The number of rotatable bonds is 6. The predicted molar refractivity (Wildman–Crippen MR) is 78.7 cm³/mol. The molecule has 0 aromatic carbocycles. The Bertz CT molecular complexity index is 421. The van der Waals surface area contributed by atoms with Crippen molar-refractivity contribution in [3.05, 3.63) is 23.7 Å². The third kappa shape index (κ3) is 6.10. The maximum atomic E-state index is 11.7. The first-order valence-corrected chi connectivity index (χ1v) is 7.04. The Hall–Kier alpha value is -1.49. The van der Waals surface area contributed by atoms with Gasteiger partial charge in [0.15, 0.2) is 0 Å². The number of ether oxygens (including phenoxy) is 1. The fourth-order valence-electron chi connectivity index (χ4n) is 1.60. The van der Waals surface area contributed by atoms with Crippen LogP contribution in [0.25, 0.3) is 0 Å². The topological polar surface area (TPSA) is 54.7 Å². The highest BCUT2D eigenvalue weighted by molar-refractivity contribution is 5.67. The van der Waals surface area contributed by atoms with Crippen LogP contribution in [0.4, 0.5) is 4.79 Å². The Labute approximate surface area is 121 Å². The molecular weight excluding hydrogens is 256 g/mol. The van der Waals surface area contributed by atoms with E-state index in [0.717, 1.165) is 17.9 Å². The van der Waals surface area contributed by atoms with Gasteiger partial charge in [-0.3, -0.25) is 0 Å². The van der Waals surface area contributed by atoms with Crippen molar-refractivity contribution in [3.8, 4) is 0 Å². The van der Waals surface area contributed by atoms with Gasteiger partial charge in [0.1, 0.15) is 17.1 Å². The van der Waals surface area contributed by atoms with Gasteiger partial charge in [0.25, 0.3) is 0 Å². The lowest BCUT2D eigenvalue weighted by Crippen LogP contribution is -2.37. The summed E-state index contributed by atoms with van der Waals surface area (Å²) in [7, 11) is 1.73. The Balaban J connectivity index is 2.21. The zero-order chi connectivity index (χ0) is 15.2. The summed E-state index contributed by atoms with van der Waals surface area (Å²) in [6.45, 7) is 9.60. The molecule has 0 radical (unpaired) electrons. The van der Waals surface area contributed by atoms with E-state index in [1.54, 1.807) is 11.9 Å². The first-order valence-electron chi connectivity index (χ1n) is 7.04. The average Bonchev–Trinajstić information content (AvgIpc) is 2.80. The molecule has 1 aromatic heterocycles. The predicted octanol–water partition coefficient (Wildman–Crippen LogP) is 2.80. The van der Waals surface area contributed by atoms with Gasteiger partial charge in [0.2, 0.25) is 0 Å². The second-order valence-corrected chi connectivity index (χ2v) is 5.80. The van der Waals surface area contributed by atoms with E-state index in [2.05, 4.69) is 12.2 Å². The lowest BCUT2D eigenvalue weighted by molar-refractivity contribution is 0.0300. The third-order valence-corrected chi connectivity index (χ3v) is 2.69. The number of nitrogens with one attached hydrogen (secondary N) is 1. The Morgan fingerprint density at radius 3 is 2.55 bits per heavy atom. The summed E-state index contributed by atoms with van der Waals surface area (Å²) in [6, 6.07) is 3.97. The molecule has 1 aromatic rings. The number of carbonyl (C=O) groups is 1. The van der Waals surface area contributed by atoms with Gasteiger partial charge < -0.3 is 19.4 Å². The summed E-state index contributed by atoms with van der Waals surface area (Å²) in [5, 5.41) is 3.24. The highest BCUT2D eigenvalue weighted by Gasteiger charge is 2.19. The van der Waals surface area contributed by atoms with E-state index >= 15 is 0 Å². The maximum Gasteiger partial charge on any atom is 0.410 e. The largest absolute Gasteiger partial charge is 0.465 e. The molecule has 114 valence electrons. The molecule has 0 saturated carbocycles. The number of carbonyl (C=O) groups excluding carboxylic acids is 1. The van der Waals surface area contributed by atoms with Gasteiger partial charge in [0, 0.05) is 26.6 Å². The lowest BCUT2D eigenvalue weighted by Gasteiger charge is -2.24. The van der Waals surface area contributed by atoms with Crippen LogP contribution in [0, 0.1) is 0 Å². The van der Waals surface area contributed by atoms with Crippen LogP contribution in [0.15, 0.2) is 16.5 Å². The van der Waals surface area contributed by atoms with Crippen molar-refractivity contribution in [2.75, 3.05) is 20.1 Å². The molecule has 1 amide bonds. The fraction of sp³-hybridized carbons (Fsp3) is 0.667. The SMILES string of the molecule is CCc1ccc(CNCCN(C)C(=O)OC(C)(C)C)o1. The minimum atomic E-state index is -0.455. The normalized spacial score (nSPS) is 11.4. The molecule has 0 bridgehead atoms. The van der Waals surface area contributed by atoms with Crippen molar-refractivity contribution in [2.24, 2.45) is 0 Å². The molecule has 1 rings (SSSR count). The van der Waals surface area contributed by atoms with Crippen molar-refractivity contribution in [1.82, 2.24) is 10.2 Å². The van der Waals surface area contributed by atoms with Gasteiger partial charge in [0.05, 0.1) is 6.54 Å². The molecular formula is C15H26N2O3. The highest BCUT2D eigenvalue weighted by atomic mass is 16.6. The van der Waals surface area contributed by atoms with Crippen molar-refractivity contribution in [1.29, 1.82) is 0 Å². The first-order chi connectivity index (χ1) is 9.31. The monoisotopic (exact) mass is 282 g/mol. The average molecular weight is 282 g/mol. The summed E-state index contributed by atoms with van der Waals surface area (Å²) in [5.74, 6) is 1.91. The van der Waals surface area contributed by atoms with E-state index < -0.39 is 5.60 Å². The lowest BCUT2D eigenvalue weighted by atomic mass is 10.2. The molecule has 5 nitrogen and oxygen atoms in total. The van der Waals surface area contributed by atoms with Crippen LogP contribution < -0.4 is 5.32 Å². The molecule has 0 saturated heterocycles. The maximum absolute atomic E-state index is 11.7. The number of hydrogen-bond acceptors (Lipinski definition) is 4. The zero-order valence-electron chi connectivity index (χ0n) is 13.2. The van der Waals surface area contributed by atoms with Crippen LogP contribution in [0.2, 0.25) is 0 Å². The van der Waals surface area contributed by atoms with E-state index in [0.29, 0.717) is 19.6 Å². The fourth-order valence-corrected chi connectivity index (χ4v) is 1.60. The van der Waals surface area contributed by atoms with Crippen molar-refractivity contribution in [3.63, 3.8) is 0 Å². The standard InChI is InChI=1S/C15H26N2O3/c1-6-12-7-8-13(19-12)11-16-9-10-17(5)14(18)20-15(2,3)4/h7-8,16H,6,9-11H2,1-5H3. The number of aryl methyl sites for hydroxylation is 1. The minimum Gasteiger partial charge on any atom is -0.465 e. The molecule has 20 heavy (non-hydrogen) atoms. The third-order valence-electron chi connectivity index (χ3n) is 2.69. The Morgan fingerprint density at radius 2 is 2.00 bits per heavy atom. The molecule has 0 spiro atoms. The first kappa shape index (κ1) is 16.6.